The second kappa shape index (κ2) is 13.5. The highest BCUT2D eigenvalue weighted by atomic mass is 19.4. The van der Waals surface area contributed by atoms with Crippen LogP contribution in [-0.2, 0) is 12.8 Å². The molecular formula is C29H36F3N5O3. The maximum absolute atomic E-state index is 13.9. The highest BCUT2D eigenvalue weighted by molar-refractivity contribution is 5.75. The fraction of sp³-hybridized carbons (Fsp3) is 0.483. The summed E-state index contributed by atoms with van der Waals surface area (Å²) in [6.45, 7) is 3.38. The summed E-state index contributed by atoms with van der Waals surface area (Å²) in [5.74, 6) is 0.566. The van der Waals surface area contributed by atoms with Gasteiger partial charge in [-0.1, -0.05) is 56.3 Å². The van der Waals surface area contributed by atoms with E-state index in [1.807, 2.05) is 0 Å². The summed E-state index contributed by atoms with van der Waals surface area (Å²) in [6, 6.07) is 10.5. The number of hydrogen-bond acceptors (Lipinski definition) is 6. The molecule has 3 aromatic rings. The van der Waals surface area contributed by atoms with Gasteiger partial charge < -0.3 is 24.6 Å². The molecule has 0 saturated carbocycles. The van der Waals surface area contributed by atoms with Crippen molar-refractivity contribution >= 4 is 5.96 Å². The molecule has 0 amide bonds. The summed E-state index contributed by atoms with van der Waals surface area (Å²) in [4.78, 5) is 5.93. The van der Waals surface area contributed by atoms with Gasteiger partial charge in [0.25, 0.3) is 0 Å². The lowest BCUT2D eigenvalue weighted by molar-refractivity contribution is -0.139. The first-order valence-corrected chi connectivity index (χ1v) is 13.8. The van der Waals surface area contributed by atoms with E-state index >= 15 is 0 Å². The number of hydrogen-bond donors (Lipinski definition) is 2. The molecule has 1 aromatic heterocycles. The van der Waals surface area contributed by atoms with E-state index in [4.69, 9.17) is 25.1 Å². The van der Waals surface area contributed by atoms with Gasteiger partial charge in [-0.2, -0.15) is 18.2 Å². The molecule has 0 spiro atoms. The molecule has 1 saturated heterocycles. The average Bonchev–Trinajstić information content (AvgIpc) is 3.62. The van der Waals surface area contributed by atoms with Crippen LogP contribution < -0.4 is 15.2 Å². The molecule has 11 heteroatoms. The number of halogens is 3. The third kappa shape index (κ3) is 7.67. The number of alkyl halides is 3. The Bertz CT molecular complexity index is 1250. The Morgan fingerprint density at radius 2 is 1.82 bits per heavy atom. The lowest BCUT2D eigenvalue weighted by Crippen LogP contribution is -2.35. The van der Waals surface area contributed by atoms with Crippen molar-refractivity contribution in [2.75, 3.05) is 13.2 Å². The van der Waals surface area contributed by atoms with Gasteiger partial charge >= 0.3 is 6.18 Å². The van der Waals surface area contributed by atoms with Crippen molar-refractivity contribution in [3.05, 3.63) is 59.5 Å². The molecular weight excluding hydrogens is 523 g/mol. The van der Waals surface area contributed by atoms with Gasteiger partial charge in [-0.15, -0.1) is 0 Å². The predicted octanol–water partition coefficient (Wildman–Crippen LogP) is 7.10. The molecule has 2 heterocycles. The van der Waals surface area contributed by atoms with E-state index in [-0.39, 0.29) is 41.6 Å². The van der Waals surface area contributed by atoms with Crippen LogP contribution in [0.1, 0.15) is 81.3 Å². The molecule has 2 aromatic carbocycles. The summed E-state index contributed by atoms with van der Waals surface area (Å²) < 4.78 is 58.5. The minimum Gasteiger partial charge on any atom is -0.494 e. The topological polar surface area (TPSA) is 110 Å². The Morgan fingerprint density at radius 3 is 2.55 bits per heavy atom. The smallest absolute Gasteiger partial charge is 0.419 e. The largest absolute Gasteiger partial charge is 0.494 e. The Kier molecular flexibility index (Phi) is 9.89. The summed E-state index contributed by atoms with van der Waals surface area (Å²) >= 11 is 0. The van der Waals surface area contributed by atoms with Crippen molar-refractivity contribution < 1.29 is 27.2 Å². The normalized spacial score (nSPS) is 15.4. The van der Waals surface area contributed by atoms with Crippen LogP contribution in [0.4, 0.5) is 13.2 Å². The lowest BCUT2D eigenvalue weighted by atomic mass is 10.1. The number of nitrogens with zero attached hydrogens (tertiary/aromatic N) is 3. The van der Waals surface area contributed by atoms with Gasteiger partial charge in [0.1, 0.15) is 24.1 Å². The van der Waals surface area contributed by atoms with Gasteiger partial charge in [-0.3, -0.25) is 5.41 Å². The monoisotopic (exact) mass is 559 g/mol. The van der Waals surface area contributed by atoms with Crippen LogP contribution in [0, 0.1) is 5.41 Å². The first kappa shape index (κ1) is 29.2. The van der Waals surface area contributed by atoms with E-state index in [1.54, 1.807) is 29.2 Å². The highest BCUT2D eigenvalue weighted by Gasteiger charge is 2.36. The van der Waals surface area contributed by atoms with E-state index in [0.717, 1.165) is 36.6 Å². The van der Waals surface area contributed by atoms with Crippen LogP contribution in [0.25, 0.3) is 11.4 Å². The second-order valence-electron chi connectivity index (χ2n) is 9.95. The number of nitrogens with one attached hydrogen (secondary N) is 1. The maximum atomic E-state index is 13.9. The van der Waals surface area contributed by atoms with Gasteiger partial charge in [0.2, 0.25) is 11.7 Å². The van der Waals surface area contributed by atoms with Crippen LogP contribution in [0.3, 0.4) is 0 Å². The molecule has 8 nitrogen and oxygen atoms in total. The number of nitrogens with two attached hydrogens (primary N) is 1. The second-order valence-corrected chi connectivity index (χ2v) is 9.95. The Labute approximate surface area is 232 Å². The molecule has 1 aliphatic heterocycles. The Morgan fingerprint density at radius 1 is 1.07 bits per heavy atom. The van der Waals surface area contributed by atoms with Gasteiger partial charge in [-0.05, 0) is 55.2 Å². The Hall–Kier alpha value is -3.76. The van der Waals surface area contributed by atoms with Gasteiger partial charge in [0, 0.05) is 12.1 Å². The quantitative estimate of drug-likeness (QED) is 0.130. The molecule has 4 rings (SSSR count). The molecule has 216 valence electrons. The zero-order chi connectivity index (χ0) is 28.5. The average molecular weight is 560 g/mol. The summed E-state index contributed by atoms with van der Waals surface area (Å²) in [7, 11) is 0. The van der Waals surface area contributed by atoms with Gasteiger partial charge in [-0.25, -0.2) is 0 Å². The third-order valence-corrected chi connectivity index (χ3v) is 6.92. The van der Waals surface area contributed by atoms with Crippen LogP contribution in [0.15, 0.2) is 47.0 Å². The van der Waals surface area contributed by atoms with Gasteiger partial charge in [0.05, 0.1) is 12.2 Å². The maximum Gasteiger partial charge on any atom is 0.419 e. The molecule has 0 aliphatic carbocycles. The fourth-order valence-electron chi connectivity index (χ4n) is 4.73. The van der Waals surface area contributed by atoms with Gasteiger partial charge in [0.15, 0.2) is 5.96 Å². The molecule has 0 unspecified atom stereocenters. The molecule has 0 bridgehead atoms. The number of ether oxygens (including phenoxy) is 2. The van der Waals surface area contributed by atoms with E-state index in [1.165, 1.54) is 37.8 Å². The zero-order valence-electron chi connectivity index (χ0n) is 22.7. The number of likely N-dealkylation sites (tertiary alicyclic amines) is 1. The van der Waals surface area contributed by atoms with E-state index in [2.05, 4.69) is 17.1 Å². The first-order chi connectivity index (χ1) is 19.3. The SMILES string of the molecule is CCCCCCCCOc1ccc(COc2ccc(-c3noc([C@@H]4CCCN4C(=N)N)n3)cc2C(F)(F)F)cc1. The number of unbranched alkanes of at least 4 members (excludes halogenated alkanes) is 5. The zero-order valence-corrected chi connectivity index (χ0v) is 22.7. The van der Waals surface area contributed by atoms with E-state index in [9.17, 15) is 13.2 Å². The molecule has 1 fully saturated rings. The van der Waals surface area contributed by atoms with Crippen LogP contribution in [-0.4, -0.2) is 34.2 Å². The van der Waals surface area contributed by atoms with Crippen LogP contribution >= 0.6 is 0 Å². The van der Waals surface area contributed by atoms with Crippen molar-refractivity contribution in [3.63, 3.8) is 0 Å². The predicted molar refractivity (Wildman–Crippen MR) is 145 cm³/mol. The standard InChI is InChI=1S/C29H36F3N5O3/c1-2-3-4-5-6-7-17-38-22-13-10-20(11-14-22)19-39-25-15-12-21(18-23(25)29(30,31)32)26-35-27(40-36-26)24-9-8-16-37(24)28(33)34/h10-15,18,24H,2-9,16-17,19H2,1H3,(H3,33,34)/t24-/m0/s1. The van der Waals surface area contributed by atoms with Crippen molar-refractivity contribution in [1.82, 2.24) is 15.0 Å². The van der Waals surface area contributed by atoms with Crippen LogP contribution in [0.5, 0.6) is 11.5 Å². The van der Waals surface area contributed by atoms with Crippen molar-refractivity contribution in [3.8, 4) is 22.9 Å². The minimum absolute atomic E-state index is 0.0269. The molecule has 1 aliphatic rings. The van der Waals surface area contributed by atoms with Crippen LogP contribution in [0.2, 0.25) is 0 Å². The van der Waals surface area contributed by atoms with Crippen molar-refractivity contribution in [2.45, 2.75) is 77.1 Å². The van der Waals surface area contributed by atoms with E-state index < -0.39 is 11.7 Å². The van der Waals surface area contributed by atoms with E-state index in [0.29, 0.717) is 19.6 Å². The van der Waals surface area contributed by atoms with Crippen molar-refractivity contribution in [2.24, 2.45) is 5.73 Å². The molecule has 0 radical (unpaired) electrons. The van der Waals surface area contributed by atoms with Crippen molar-refractivity contribution in [1.29, 1.82) is 5.41 Å². The number of guanidine groups is 1. The first-order valence-electron chi connectivity index (χ1n) is 13.8. The molecule has 40 heavy (non-hydrogen) atoms. The lowest BCUT2D eigenvalue weighted by Gasteiger charge is -2.21. The molecule has 3 N–H and O–H groups in total. The number of aromatic nitrogens is 2. The summed E-state index contributed by atoms with van der Waals surface area (Å²) in [6.07, 6.45) is 3.89. The third-order valence-electron chi connectivity index (χ3n) is 6.92. The summed E-state index contributed by atoms with van der Waals surface area (Å²) in [5, 5.41) is 11.6. The minimum atomic E-state index is -4.65. The summed E-state index contributed by atoms with van der Waals surface area (Å²) in [5.41, 5.74) is 5.56. The molecule has 1 atom stereocenters. The number of benzene rings is 2. The Balaban J connectivity index is 1.37. The number of rotatable bonds is 13. The highest BCUT2D eigenvalue weighted by Crippen LogP contribution is 2.39. The fourth-order valence-corrected chi connectivity index (χ4v) is 4.73.